The van der Waals surface area contributed by atoms with Gasteiger partial charge in [0.25, 0.3) is 0 Å². The summed E-state index contributed by atoms with van der Waals surface area (Å²) in [5.74, 6) is 0.879. The van der Waals surface area contributed by atoms with E-state index in [0.29, 0.717) is 0 Å². The van der Waals surface area contributed by atoms with E-state index < -0.39 is 0 Å². The summed E-state index contributed by atoms with van der Waals surface area (Å²) in [6.45, 7) is 6.91. The lowest BCUT2D eigenvalue weighted by molar-refractivity contribution is 0.233. The second kappa shape index (κ2) is 6.47. The summed E-state index contributed by atoms with van der Waals surface area (Å²) in [7, 11) is 4.39. The zero-order valence-electron chi connectivity index (χ0n) is 9.43. The Bertz CT molecular complexity index is 99.2. The Kier molecular flexibility index (Phi) is 6.45. The van der Waals surface area contributed by atoms with Crippen molar-refractivity contribution < 1.29 is 0 Å². The third-order valence-corrected chi connectivity index (χ3v) is 2.72. The molecule has 0 saturated heterocycles. The zero-order valence-corrected chi connectivity index (χ0v) is 9.43. The van der Waals surface area contributed by atoms with Crippen LogP contribution in [-0.4, -0.2) is 25.0 Å². The molecule has 0 spiro atoms. The van der Waals surface area contributed by atoms with Crippen molar-refractivity contribution in [2.24, 2.45) is 5.92 Å². The Labute approximate surface area is 78.1 Å². The minimum absolute atomic E-state index is 0.796. The highest BCUT2D eigenvalue weighted by Gasteiger charge is 2.12. The molecule has 2 atom stereocenters. The maximum Gasteiger partial charge on any atom is 0.00916 e. The zero-order chi connectivity index (χ0) is 9.56. The van der Waals surface area contributed by atoms with E-state index in [4.69, 9.17) is 0 Å². The molecule has 0 rings (SSSR count). The molecule has 0 aliphatic rings. The second-order valence-electron chi connectivity index (χ2n) is 4.16. The lowest BCUT2D eigenvalue weighted by Crippen LogP contribution is -2.29. The van der Waals surface area contributed by atoms with Gasteiger partial charge in [0.05, 0.1) is 0 Å². The molecule has 0 radical (unpaired) electrons. The normalized spacial score (nSPS) is 16.5. The maximum atomic E-state index is 2.37. The average Bonchev–Trinajstić information content (AvgIpc) is 2.03. The van der Waals surface area contributed by atoms with Crippen LogP contribution in [0.4, 0.5) is 0 Å². The van der Waals surface area contributed by atoms with Crippen molar-refractivity contribution in [3.05, 3.63) is 0 Å². The van der Waals surface area contributed by atoms with Gasteiger partial charge in [-0.05, 0) is 32.9 Å². The summed E-state index contributed by atoms with van der Waals surface area (Å²) in [4.78, 5) is 2.37. The molecule has 74 valence electrons. The first kappa shape index (κ1) is 12.0. The Morgan fingerprint density at radius 3 is 2.08 bits per heavy atom. The van der Waals surface area contributed by atoms with Gasteiger partial charge in [-0.15, -0.1) is 0 Å². The van der Waals surface area contributed by atoms with E-state index >= 15 is 0 Å². The topological polar surface area (TPSA) is 3.24 Å². The van der Waals surface area contributed by atoms with E-state index in [-0.39, 0.29) is 0 Å². The van der Waals surface area contributed by atoms with E-state index in [1.54, 1.807) is 0 Å². The Balaban J connectivity index is 3.77. The van der Waals surface area contributed by atoms with Gasteiger partial charge < -0.3 is 4.90 Å². The van der Waals surface area contributed by atoms with Gasteiger partial charge >= 0.3 is 0 Å². The second-order valence-corrected chi connectivity index (χ2v) is 4.16. The van der Waals surface area contributed by atoms with Gasteiger partial charge in [-0.1, -0.05) is 33.6 Å². The first-order valence-electron chi connectivity index (χ1n) is 5.28. The lowest BCUT2D eigenvalue weighted by atomic mass is 9.96. The molecule has 0 aliphatic carbocycles. The van der Waals surface area contributed by atoms with Gasteiger partial charge in [-0.25, -0.2) is 0 Å². The Morgan fingerprint density at radius 2 is 1.75 bits per heavy atom. The largest absolute Gasteiger partial charge is 0.306 e. The smallest absolute Gasteiger partial charge is 0.00916 e. The molecule has 0 aliphatic heterocycles. The summed E-state index contributed by atoms with van der Waals surface area (Å²) < 4.78 is 0. The monoisotopic (exact) mass is 171 g/mol. The Hall–Kier alpha value is -0.0400. The molecule has 0 aromatic rings. The van der Waals surface area contributed by atoms with Crippen LogP contribution in [0, 0.1) is 5.92 Å². The molecular weight excluding hydrogens is 146 g/mol. The predicted molar refractivity (Wildman–Crippen MR) is 56.5 cm³/mol. The highest BCUT2D eigenvalue weighted by Crippen LogP contribution is 2.16. The molecule has 2 unspecified atom stereocenters. The number of nitrogens with zero attached hydrogens (tertiary/aromatic N) is 1. The molecule has 0 aromatic carbocycles. The van der Waals surface area contributed by atoms with Gasteiger partial charge in [0.2, 0.25) is 0 Å². The van der Waals surface area contributed by atoms with Gasteiger partial charge in [-0.3, -0.25) is 0 Å². The van der Waals surface area contributed by atoms with Crippen LogP contribution in [0.25, 0.3) is 0 Å². The fraction of sp³-hybridized carbons (Fsp3) is 1.00. The standard InChI is InChI=1S/C11H25N/c1-6-8-11(12(4)5)9-10(3)7-2/h10-11H,6-9H2,1-5H3. The van der Waals surface area contributed by atoms with Crippen molar-refractivity contribution in [1.29, 1.82) is 0 Å². The van der Waals surface area contributed by atoms with Crippen molar-refractivity contribution in [3.63, 3.8) is 0 Å². The summed E-state index contributed by atoms with van der Waals surface area (Å²) in [5.41, 5.74) is 0. The summed E-state index contributed by atoms with van der Waals surface area (Å²) >= 11 is 0. The number of hydrogen-bond acceptors (Lipinski definition) is 1. The third-order valence-electron chi connectivity index (χ3n) is 2.72. The highest BCUT2D eigenvalue weighted by atomic mass is 15.1. The molecule has 0 heterocycles. The molecule has 1 heteroatoms. The fourth-order valence-electron chi connectivity index (χ4n) is 1.55. The molecular formula is C11H25N. The van der Waals surface area contributed by atoms with Crippen LogP contribution in [0.3, 0.4) is 0 Å². The van der Waals surface area contributed by atoms with Crippen LogP contribution < -0.4 is 0 Å². The average molecular weight is 171 g/mol. The summed E-state index contributed by atoms with van der Waals surface area (Å²) in [5, 5.41) is 0. The minimum Gasteiger partial charge on any atom is -0.306 e. The first-order valence-corrected chi connectivity index (χ1v) is 5.28. The van der Waals surface area contributed by atoms with Gasteiger partial charge in [0.1, 0.15) is 0 Å². The molecule has 0 amide bonds. The SMILES string of the molecule is CCCC(CC(C)CC)N(C)C. The fourth-order valence-corrected chi connectivity index (χ4v) is 1.55. The molecule has 0 aromatic heterocycles. The third kappa shape index (κ3) is 4.76. The minimum atomic E-state index is 0.796. The van der Waals surface area contributed by atoms with E-state index in [1.807, 2.05) is 0 Å². The van der Waals surface area contributed by atoms with Gasteiger partial charge in [0.15, 0.2) is 0 Å². The summed E-state index contributed by atoms with van der Waals surface area (Å²) in [6, 6.07) is 0.796. The molecule has 0 saturated carbocycles. The molecule has 12 heavy (non-hydrogen) atoms. The quantitative estimate of drug-likeness (QED) is 0.593. The molecule has 0 fully saturated rings. The Morgan fingerprint density at radius 1 is 1.17 bits per heavy atom. The molecule has 0 N–H and O–H groups in total. The predicted octanol–water partition coefficient (Wildman–Crippen LogP) is 3.15. The summed E-state index contributed by atoms with van der Waals surface area (Å²) in [6.07, 6.45) is 5.32. The van der Waals surface area contributed by atoms with Crippen LogP contribution in [0.5, 0.6) is 0 Å². The van der Waals surface area contributed by atoms with Crippen molar-refractivity contribution in [2.45, 2.75) is 52.5 Å². The van der Waals surface area contributed by atoms with Crippen molar-refractivity contribution in [3.8, 4) is 0 Å². The maximum absolute atomic E-state index is 2.37. The van der Waals surface area contributed by atoms with E-state index in [0.717, 1.165) is 12.0 Å². The van der Waals surface area contributed by atoms with E-state index in [2.05, 4.69) is 39.8 Å². The van der Waals surface area contributed by atoms with Crippen molar-refractivity contribution >= 4 is 0 Å². The molecule has 0 bridgehead atoms. The van der Waals surface area contributed by atoms with Crippen LogP contribution in [-0.2, 0) is 0 Å². The van der Waals surface area contributed by atoms with Crippen LogP contribution in [0.2, 0.25) is 0 Å². The van der Waals surface area contributed by atoms with E-state index in [9.17, 15) is 0 Å². The van der Waals surface area contributed by atoms with Gasteiger partial charge in [-0.2, -0.15) is 0 Å². The van der Waals surface area contributed by atoms with Gasteiger partial charge in [0, 0.05) is 6.04 Å². The first-order chi connectivity index (χ1) is 5.61. The number of rotatable bonds is 6. The van der Waals surface area contributed by atoms with Crippen molar-refractivity contribution in [2.75, 3.05) is 14.1 Å². The lowest BCUT2D eigenvalue weighted by Gasteiger charge is -2.26. The van der Waals surface area contributed by atoms with Crippen LogP contribution >= 0.6 is 0 Å². The van der Waals surface area contributed by atoms with Crippen LogP contribution in [0.1, 0.15) is 46.5 Å². The van der Waals surface area contributed by atoms with E-state index in [1.165, 1.54) is 25.7 Å². The highest BCUT2D eigenvalue weighted by molar-refractivity contribution is 4.68. The van der Waals surface area contributed by atoms with Crippen LogP contribution in [0.15, 0.2) is 0 Å². The number of hydrogen-bond donors (Lipinski definition) is 0. The molecule has 1 nitrogen and oxygen atoms in total. The van der Waals surface area contributed by atoms with Crippen molar-refractivity contribution in [1.82, 2.24) is 4.90 Å².